The number of piperidine rings is 1. The number of amides is 2. The van der Waals surface area contributed by atoms with E-state index in [2.05, 4.69) is 36.5 Å². The fourth-order valence-corrected chi connectivity index (χ4v) is 4.04. The summed E-state index contributed by atoms with van der Waals surface area (Å²) in [7, 11) is 0. The summed E-state index contributed by atoms with van der Waals surface area (Å²) >= 11 is 4.59. The highest BCUT2D eigenvalue weighted by Crippen LogP contribution is 2.30. The lowest BCUT2D eigenvalue weighted by molar-refractivity contribution is 0.0560. The summed E-state index contributed by atoms with van der Waals surface area (Å²) in [6.07, 6.45) is 4.45. The second kappa shape index (κ2) is 9.19. The van der Waals surface area contributed by atoms with Crippen molar-refractivity contribution < 1.29 is 14.3 Å². The van der Waals surface area contributed by atoms with Crippen molar-refractivity contribution in [3.63, 3.8) is 0 Å². The molecule has 2 aromatic heterocycles. The molecule has 156 valence electrons. The molecule has 0 aromatic carbocycles. The van der Waals surface area contributed by atoms with E-state index in [9.17, 15) is 9.59 Å². The van der Waals surface area contributed by atoms with Crippen molar-refractivity contribution in [2.24, 2.45) is 0 Å². The first-order valence-electron chi connectivity index (χ1n) is 9.34. The van der Waals surface area contributed by atoms with Crippen molar-refractivity contribution in [1.29, 1.82) is 0 Å². The topological polar surface area (TPSA) is 96.5 Å². The van der Waals surface area contributed by atoms with Gasteiger partial charge in [0.2, 0.25) is 0 Å². The van der Waals surface area contributed by atoms with Gasteiger partial charge in [-0.1, -0.05) is 0 Å². The maximum Gasteiger partial charge on any atom is 0.415 e. The van der Waals surface area contributed by atoms with Gasteiger partial charge in [-0.3, -0.25) is 14.7 Å². The number of carbonyl (C=O) groups excluding carboxylic acids is 2. The molecule has 0 saturated carbocycles. The lowest BCUT2D eigenvalue weighted by Crippen LogP contribution is -2.50. The zero-order valence-electron chi connectivity index (χ0n) is 16.6. The third-order valence-corrected chi connectivity index (χ3v) is 5.61. The van der Waals surface area contributed by atoms with E-state index in [-0.39, 0.29) is 11.9 Å². The van der Waals surface area contributed by atoms with Crippen molar-refractivity contribution >= 4 is 50.6 Å². The summed E-state index contributed by atoms with van der Waals surface area (Å²) in [5.41, 5.74) is 0.629. The number of pyridine rings is 1. The number of ether oxygens (including phenoxy) is 1. The molecule has 0 spiro atoms. The van der Waals surface area contributed by atoms with Crippen LogP contribution in [-0.4, -0.2) is 46.7 Å². The van der Waals surface area contributed by atoms with Crippen LogP contribution in [0, 0.1) is 0 Å². The number of nitrogens with zero attached hydrogens (tertiary/aromatic N) is 3. The third-order valence-electron chi connectivity index (χ3n) is 4.24. The number of aromatic nitrogens is 2. The average molecular weight is 482 g/mol. The molecule has 10 heteroatoms. The van der Waals surface area contributed by atoms with E-state index in [1.807, 2.05) is 20.8 Å². The van der Waals surface area contributed by atoms with Gasteiger partial charge in [-0.2, -0.15) is 0 Å². The summed E-state index contributed by atoms with van der Waals surface area (Å²) in [5, 5.41) is 7.81. The van der Waals surface area contributed by atoms with E-state index in [4.69, 9.17) is 4.74 Å². The van der Waals surface area contributed by atoms with E-state index in [1.165, 1.54) is 17.5 Å². The molecule has 1 aliphatic rings. The van der Waals surface area contributed by atoms with Crippen molar-refractivity contribution in [2.45, 2.75) is 45.3 Å². The summed E-state index contributed by atoms with van der Waals surface area (Å²) in [6.45, 7) is 7.05. The van der Waals surface area contributed by atoms with Crippen LogP contribution in [0.1, 0.15) is 44.1 Å². The predicted molar refractivity (Wildman–Crippen MR) is 117 cm³/mol. The van der Waals surface area contributed by atoms with Gasteiger partial charge < -0.3 is 15.4 Å². The Morgan fingerprint density at radius 2 is 2.21 bits per heavy atom. The van der Waals surface area contributed by atoms with Crippen LogP contribution in [0.25, 0.3) is 0 Å². The molecule has 29 heavy (non-hydrogen) atoms. The number of thiazole rings is 1. The standard InChI is InChI=1S/C19H24BrN5O3S/c1-19(2,3)28-18(27)25(12-5-4-7-21-9-12)15-6-8-22-10-13(15)23-16(26)14-11-29-17(20)24-14/h6,8,10-12,21H,4-5,7,9H2,1-3H3,(H,23,26)/t12-/m0/s1. The number of rotatable bonds is 4. The quantitative estimate of drug-likeness (QED) is 0.683. The molecule has 1 saturated heterocycles. The summed E-state index contributed by atoms with van der Waals surface area (Å²) in [4.78, 5) is 35.6. The van der Waals surface area contributed by atoms with Crippen molar-refractivity contribution in [3.8, 4) is 0 Å². The number of hydrogen-bond acceptors (Lipinski definition) is 7. The normalized spacial score (nSPS) is 16.9. The van der Waals surface area contributed by atoms with Crippen molar-refractivity contribution in [1.82, 2.24) is 15.3 Å². The zero-order chi connectivity index (χ0) is 21.0. The Balaban J connectivity index is 1.92. The minimum atomic E-state index is -0.638. The van der Waals surface area contributed by atoms with E-state index in [0.29, 0.717) is 27.5 Å². The molecule has 8 nitrogen and oxygen atoms in total. The molecule has 0 unspecified atom stereocenters. The van der Waals surface area contributed by atoms with Crippen LogP contribution >= 0.6 is 27.3 Å². The maximum absolute atomic E-state index is 13.1. The average Bonchev–Trinajstić information content (AvgIpc) is 3.09. The first-order valence-corrected chi connectivity index (χ1v) is 11.0. The smallest absolute Gasteiger partial charge is 0.415 e. The number of carbonyl (C=O) groups is 2. The Hall–Kier alpha value is -2.04. The molecular weight excluding hydrogens is 458 g/mol. The van der Waals surface area contributed by atoms with E-state index < -0.39 is 11.7 Å². The second-order valence-electron chi connectivity index (χ2n) is 7.68. The second-order valence-corrected chi connectivity index (χ2v) is 9.82. The minimum Gasteiger partial charge on any atom is -0.443 e. The Bertz CT molecular complexity index is 877. The molecule has 2 amide bonds. The van der Waals surface area contributed by atoms with Gasteiger partial charge in [0, 0.05) is 18.1 Å². The van der Waals surface area contributed by atoms with Crippen LogP contribution in [-0.2, 0) is 4.74 Å². The molecule has 2 N–H and O–H groups in total. The Labute approximate surface area is 182 Å². The van der Waals surface area contributed by atoms with Gasteiger partial charge in [-0.05, 0) is 62.2 Å². The monoisotopic (exact) mass is 481 g/mol. The maximum atomic E-state index is 13.1. The van der Waals surface area contributed by atoms with Crippen LogP contribution in [0.15, 0.2) is 27.8 Å². The van der Waals surface area contributed by atoms with Crippen molar-refractivity contribution in [3.05, 3.63) is 33.5 Å². The van der Waals surface area contributed by atoms with Crippen LogP contribution in [0.2, 0.25) is 0 Å². The van der Waals surface area contributed by atoms with E-state index in [1.54, 1.807) is 22.5 Å². The largest absolute Gasteiger partial charge is 0.443 e. The summed E-state index contributed by atoms with van der Waals surface area (Å²) in [6, 6.07) is 1.62. The molecule has 0 radical (unpaired) electrons. The molecule has 0 aliphatic carbocycles. The molecule has 2 aromatic rings. The molecule has 0 bridgehead atoms. The van der Waals surface area contributed by atoms with Gasteiger partial charge in [0.15, 0.2) is 3.92 Å². The van der Waals surface area contributed by atoms with Crippen LogP contribution in [0.5, 0.6) is 0 Å². The SMILES string of the molecule is CC(C)(C)OC(=O)N(c1ccncc1NC(=O)c1csc(Br)n1)[C@H]1CCCNC1. The zero-order valence-corrected chi connectivity index (χ0v) is 19.0. The van der Waals surface area contributed by atoms with Gasteiger partial charge in [-0.25, -0.2) is 9.78 Å². The van der Waals surface area contributed by atoms with Crippen LogP contribution < -0.4 is 15.5 Å². The molecule has 1 aliphatic heterocycles. The summed E-state index contributed by atoms with van der Waals surface area (Å²) in [5.74, 6) is -0.368. The first-order chi connectivity index (χ1) is 13.7. The Morgan fingerprint density at radius 3 is 2.83 bits per heavy atom. The van der Waals surface area contributed by atoms with Gasteiger partial charge in [-0.15, -0.1) is 11.3 Å². The fourth-order valence-electron chi connectivity index (χ4n) is 3.05. The lowest BCUT2D eigenvalue weighted by atomic mass is 10.1. The molecule has 3 rings (SSSR count). The molecule has 1 atom stereocenters. The van der Waals surface area contributed by atoms with Crippen molar-refractivity contribution in [2.75, 3.05) is 23.3 Å². The van der Waals surface area contributed by atoms with Crippen LogP contribution in [0.3, 0.4) is 0 Å². The van der Waals surface area contributed by atoms with E-state index in [0.717, 1.165) is 19.4 Å². The highest BCUT2D eigenvalue weighted by molar-refractivity contribution is 9.11. The van der Waals surface area contributed by atoms with Gasteiger partial charge >= 0.3 is 6.09 Å². The Morgan fingerprint density at radius 1 is 1.41 bits per heavy atom. The van der Waals surface area contributed by atoms with Gasteiger partial charge in [0.05, 0.1) is 23.6 Å². The minimum absolute atomic E-state index is 0.0925. The van der Waals surface area contributed by atoms with Gasteiger partial charge in [0.1, 0.15) is 11.3 Å². The molecule has 3 heterocycles. The molecular formula is C19H24BrN5O3S. The Kier molecular flexibility index (Phi) is 6.86. The molecule has 1 fully saturated rings. The highest BCUT2D eigenvalue weighted by atomic mass is 79.9. The first kappa shape index (κ1) is 21.7. The third kappa shape index (κ3) is 5.74. The summed E-state index contributed by atoms with van der Waals surface area (Å²) < 4.78 is 6.29. The van der Waals surface area contributed by atoms with Crippen LogP contribution in [0.4, 0.5) is 16.2 Å². The number of anilines is 2. The highest BCUT2D eigenvalue weighted by Gasteiger charge is 2.32. The number of nitrogens with one attached hydrogen (secondary N) is 2. The number of halogens is 1. The number of hydrogen-bond donors (Lipinski definition) is 2. The van der Waals surface area contributed by atoms with E-state index >= 15 is 0 Å². The fraction of sp³-hybridized carbons (Fsp3) is 0.474. The van der Waals surface area contributed by atoms with Gasteiger partial charge in [0.25, 0.3) is 5.91 Å². The predicted octanol–water partition coefficient (Wildman–Crippen LogP) is 4.05. The lowest BCUT2D eigenvalue weighted by Gasteiger charge is -2.36.